The van der Waals surface area contributed by atoms with Gasteiger partial charge in [-0.1, -0.05) is 24.3 Å². The van der Waals surface area contributed by atoms with Crippen LogP contribution in [0, 0.1) is 11.6 Å². The third kappa shape index (κ3) is 5.65. The van der Waals surface area contributed by atoms with E-state index >= 15 is 0 Å². The highest BCUT2D eigenvalue weighted by Gasteiger charge is 2.29. The molecule has 1 heterocycles. The number of nitrogens with one attached hydrogen (secondary N) is 1. The van der Waals surface area contributed by atoms with Gasteiger partial charge in [-0.25, -0.2) is 13.6 Å². The molecule has 0 spiro atoms. The van der Waals surface area contributed by atoms with Crippen molar-refractivity contribution >= 4 is 23.5 Å². The van der Waals surface area contributed by atoms with E-state index in [-0.39, 0.29) is 23.7 Å². The topological polar surface area (TPSA) is 73.2 Å². The normalized spacial score (nSPS) is 15.3. The van der Waals surface area contributed by atoms with Crippen molar-refractivity contribution in [1.82, 2.24) is 15.1 Å². The van der Waals surface area contributed by atoms with Gasteiger partial charge in [0.15, 0.2) is 5.69 Å². The first kappa shape index (κ1) is 24.3. The number of hydrogen-bond donors (Lipinski definition) is 1. The molecule has 1 aromatic heterocycles. The number of methoxy groups -OCH3 is 1. The van der Waals surface area contributed by atoms with Gasteiger partial charge in [0.05, 0.1) is 12.8 Å². The molecular formula is C27H27F2N3O3. The Balaban J connectivity index is 1.64. The molecule has 1 N–H and O–H groups in total. The summed E-state index contributed by atoms with van der Waals surface area (Å²) in [5.74, 6) is -1.78. The molecule has 3 aromatic rings. The maximum atomic E-state index is 13.7. The molecule has 182 valence electrons. The molecule has 1 aliphatic carbocycles. The summed E-state index contributed by atoms with van der Waals surface area (Å²) in [4.78, 5) is 25.7. The smallest absolute Gasteiger partial charge is 0.328 e. The van der Waals surface area contributed by atoms with Crippen LogP contribution in [0.3, 0.4) is 0 Å². The van der Waals surface area contributed by atoms with Crippen molar-refractivity contribution in [2.45, 2.75) is 38.1 Å². The molecule has 8 heteroatoms. The molecular weight excluding hydrogens is 452 g/mol. The molecule has 0 bridgehead atoms. The molecule has 1 amide bonds. The van der Waals surface area contributed by atoms with Crippen LogP contribution in [0.1, 0.15) is 52.1 Å². The zero-order valence-corrected chi connectivity index (χ0v) is 19.7. The van der Waals surface area contributed by atoms with Gasteiger partial charge in [0, 0.05) is 19.0 Å². The summed E-state index contributed by atoms with van der Waals surface area (Å²) in [6, 6.07) is 11.1. The Hall–Kier alpha value is -3.81. The van der Waals surface area contributed by atoms with Crippen molar-refractivity contribution in [2.24, 2.45) is 7.05 Å². The third-order valence-electron chi connectivity index (χ3n) is 6.12. The number of aromatic nitrogens is 2. The summed E-state index contributed by atoms with van der Waals surface area (Å²) in [7, 11) is 3.03. The molecule has 2 aromatic carbocycles. The lowest BCUT2D eigenvalue weighted by atomic mass is 10.0. The number of benzene rings is 2. The first-order valence-electron chi connectivity index (χ1n) is 11.5. The van der Waals surface area contributed by atoms with E-state index in [9.17, 15) is 18.4 Å². The fourth-order valence-corrected chi connectivity index (χ4v) is 4.48. The molecule has 0 saturated carbocycles. The van der Waals surface area contributed by atoms with E-state index in [0.717, 1.165) is 41.7 Å². The monoisotopic (exact) mass is 479 g/mol. The van der Waals surface area contributed by atoms with Crippen LogP contribution in [0.4, 0.5) is 8.78 Å². The number of ether oxygens (including phenoxy) is 1. The molecule has 0 aliphatic heterocycles. The summed E-state index contributed by atoms with van der Waals surface area (Å²) >= 11 is 0. The number of fused-ring (bicyclic) bond motifs is 1. The zero-order chi connectivity index (χ0) is 24.9. The minimum absolute atomic E-state index is 0.151. The highest BCUT2D eigenvalue weighted by atomic mass is 19.1. The zero-order valence-electron chi connectivity index (χ0n) is 19.7. The minimum Gasteiger partial charge on any atom is -0.467 e. The summed E-state index contributed by atoms with van der Waals surface area (Å²) < 4.78 is 33.5. The highest BCUT2D eigenvalue weighted by Crippen LogP contribution is 2.33. The predicted molar refractivity (Wildman–Crippen MR) is 128 cm³/mol. The Labute approximate surface area is 202 Å². The van der Waals surface area contributed by atoms with Crippen LogP contribution in [0.5, 0.6) is 0 Å². The number of aryl methyl sites for hydroxylation is 1. The van der Waals surface area contributed by atoms with Crippen molar-refractivity contribution in [1.29, 1.82) is 0 Å². The van der Waals surface area contributed by atoms with Gasteiger partial charge >= 0.3 is 5.97 Å². The van der Waals surface area contributed by atoms with Crippen LogP contribution in [-0.4, -0.2) is 34.8 Å². The molecule has 0 fully saturated rings. The largest absolute Gasteiger partial charge is 0.467 e. The van der Waals surface area contributed by atoms with Crippen molar-refractivity contribution in [3.8, 4) is 0 Å². The van der Waals surface area contributed by atoms with Gasteiger partial charge in [-0.15, -0.1) is 0 Å². The summed E-state index contributed by atoms with van der Waals surface area (Å²) in [6.45, 7) is 0. The second-order valence-corrected chi connectivity index (χ2v) is 8.61. The van der Waals surface area contributed by atoms with Crippen molar-refractivity contribution in [3.63, 3.8) is 0 Å². The van der Waals surface area contributed by atoms with Gasteiger partial charge in [0.1, 0.15) is 17.7 Å². The Morgan fingerprint density at radius 3 is 2.57 bits per heavy atom. The van der Waals surface area contributed by atoms with Crippen LogP contribution in [-0.2, 0) is 29.4 Å². The second-order valence-electron chi connectivity index (χ2n) is 8.61. The molecule has 1 aliphatic rings. The van der Waals surface area contributed by atoms with Crippen LogP contribution in [0.25, 0.3) is 11.6 Å². The fraction of sp³-hybridized carbons (Fsp3) is 0.296. The first-order valence-corrected chi connectivity index (χ1v) is 11.5. The summed E-state index contributed by atoms with van der Waals surface area (Å²) in [6.07, 6.45) is 5.31. The predicted octanol–water partition coefficient (Wildman–Crippen LogP) is 4.48. The third-order valence-corrected chi connectivity index (χ3v) is 6.12. The number of carbonyl (C=O) groups is 2. The van der Waals surface area contributed by atoms with Crippen LogP contribution < -0.4 is 5.32 Å². The molecule has 0 saturated heterocycles. The number of allylic oxidation sites excluding steroid dienone is 1. The Kier molecular flexibility index (Phi) is 7.39. The van der Waals surface area contributed by atoms with Gasteiger partial charge in [-0.3, -0.25) is 9.48 Å². The van der Waals surface area contributed by atoms with Gasteiger partial charge < -0.3 is 10.1 Å². The van der Waals surface area contributed by atoms with Crippen molar-refractivity contribution in [3.05, 3.63) is 88.2 Å². The van der Waals surface area contributed by atoms with Crippen LogP contribution in [0.15, 0.2) is 48.5 Å². The van der Waals surface area contributed by atoms with Crippen molar-refractivity contribution in [2.75, 3.05) is 7.11 Å². The Morgan fingerprint density at radius 2 is 1.86 bits per heavy atom. The van der Waals surface area contributed by atoms with E-state index in [2.05, 4.69) is 10.4 Å². The lowest BCUT2D eigenvalue weighted by molar-refractivity contribution is -0.142. The van der Waals surface area contributed by atoms with Crippen LogP contribution in [0.2, 0.25) is 0 Å². The first-order chi connectivity index (χ1) is 16.9. The van der Waals surface area contributed by atoms with E-state index in [1.807, 2.05) is 12.1 Å². The number of carbonyl (C=O) groups excluding carboxylic acids is 2. The Morgan fingerprint density at radius 1 is 1.11 bits per heavy atom. The second kappa shape index (κ2) is 10.6. The maximum absolute atomic E-state index is 13.7. The van der Waals surface area contributed by atoms with Gasteiger partial charge in [0.25, 0.3) is 5.91 Å². The molecule has 0 unspecified atom stereocenters. The Bertz CT molecular complexity index is 1270. The maximum Gasteiger partial charge on any atom is 0.328 e. The average molecular weight is 480 g/mol. The lowest BCUT2D eigenvalue weighted by Gasteiger charge is -2.16. The van der Waals surface area contributed by atoms with E-state index in [0.29, 0.717) is 12.0 Å². The van der Waals surface area contributed by atoms with E-state index in [1.165, 1.54) is 31.4 Å². The van der Waals surface area contributed by atoms with Gasteiger partial charge in [-0.2, -0.15) is 5.10 Å². The number of amides is 1. The molecule has 4 rings (SSSR count). The fourth-order valence-electron chi connectivity index (χ4n) is 4.48. The minimum atomic E-state index is -0.955. The molecule has 0 radical (unpaired) electrons. The van der Waals surface area contributed by atoms with Gasteiger partial charge in [0.2, 0.25) is 0 Å². The average Bonchev–Trinajstić information content (AvgIpc) is 3.03. The summed E-state index contributed by atoms with van der Waals surface area (Å²) in [5, 5.41) is 7.24. The lowest BCUT2D eigenvalue weighted by Crippen LogP contribution is -2.43. The van der Waals surface area contributed by atoms with Gasteiger partial charge in [-0.05, 0) is 72.7 Å². The molecule has 6 nitrogen and oxygen atoms in total. The van der Waals surface area contributed by atoms with Crippen molar-refractivity contribution < 1.29 is 23.1 Å². The molecule has 1 atom stereocenters. The van der Waals surface area contributed by atoms with E-state index in [1.54, 1.807) is 29.9 Å². The quantitative estimate of drug-likeness (QED) is 0.418. The number of nitrogens with zero attached hydrogens (tertiary/aromatic N) is 2. The highest BCUT2D eigenvalue weighted by molar-refractivity contribution is 5.98. The summed E-state index contributed by atoms with van der Waals surface area (Å²) in [5.41, 5.74) is 4.29. The number of hydrogen-bond acceptors (Lipinski definition) is 4. The van der Waals surface area contributed by atoms with Crippen LogP contribution >= 0.6 is 0 Å². The number of esters is 1. The van der Waals surface area contributed by atoms with E-state index in [4.69, 9.17) is 4.74 Å². The SMILES string of the molecule is COC(=O)[C@H](Cc1ccc(F)cc1)NC(=O)c1nn(C)c2c1CCCC/C2=C\c1cccc(F)c1. The van der Waals surface area contributed by atoms with E-state index < -0.39 is 17.9 Å². The number of halogens is 2. The standard InChI is InChI=1S/C27H27F2N3O3/c1-32-25-19(14-18-6-5-8-21(29)15-18)7-3-4-9-22(25)24(31-32)26(33)30-23(27(34)35-2)16-17-10-12-20(28)13-11-17/h5-6,8,10-15,23H,3-4,7,9,16H2,1-2H3,(H,30,33)/b19-14+/t23-/m0/s1. The number of rotatable bonds is 6. The molecule has 35 heavy (non-hydrogen) atoms.